The number of pyridine rings is 1. The second-order valence-corrected chi connectivity index (χ2v) is 6.38. The minimum atomic E-state index is -0.409. The van der Waals surface area contributed by atoms with E-state index in [1.807, 2.05) is 0 Å². The van der Waals surface area contributed by atoms with Gasteiger partial charge in [0.15, 0.2) is 11.5 Å². The summed E-state index contributed by atoms with van der Waals surface area (Å²) < 4.78 is 10.4. The first-order valence-electron chi connectivity index (χ1n) is 8.37. The van der Waals surface area contributed by atoms with Crippen molar-refractivity contribution < 1.29 is 19.1 Å². The molecule has 0 saturated carbocycles. The molecule has 3 N–H and O–H groups in total. The predicted molar refractivity (Wildman–Crippen MR) is 103 cm³/mol. The Morgan fingerprint density at radius 2 is 1.93 bits per heavy atom. The summed E-state index contributed by atoms with van der Waals surface area (Å²) in [5.41, 5.74) is 7.12. The minimum Gasteiger partial charge on any atom is -0.454 e. The maximum Gasteiger partial charge on any atom is 0.257 e. The minimum absolute atomic E-state index is 0.129. The van der Waals surface area contributed by atoms with Crippen LogP contribution in [0.25, 0.3) is 10.9 Å². The highest BCUT2D eigenvalue weighted by atomic mass is 35.5. The number of hydrogen-bond acceptors (Lipinski definition) is 6. The molecule has 1 aromatic heterocycles. The lowest BCUT2D eigenvalue weighted by atomic mass is 10.2. The van der Waals surface area contributed by atoms with Crippen molar-refractivity contribution in [2.75, 3.05) is 18.8 Å². The van der Waals surface area contributed by atoms with Crippen molar-refractivity contribution in [1.29, 1.82) is 0 Å². The largest absolute Gasteiger partial charge is 0.454 e. The standard InChI is InChI=1S/C19H15ClN4O4/c20-12-2-3-13-14(5-6-21-15(13)8-12)23-24-18(25)9-22-19(26)11-1-4-16-17(7-11)28-10-27-16/h1-8H,9-10H2,(H,21,23)(H,22,26)(H,24,25). The molecule has 2 aromatic carbocycles. The third-order valence-corrected chi connectivity index (χ3v) is 4.32. The zero-order valence-corrected chi connectivity index (χ0v) is 15.2. The van der Waals surface area contributed by atoms with E-state index in [4.69, 9.17) is 21.1 Å². The average molecular weight is 399 g/mol. The number of carbonyl (C=O) groups excluding carboxylic acids is 2. The SMILES string of the molecule is O=C(CNC(=O)c1ccc2c(c1)OCO2)NNc1ccnc2cc(Cl)ccc12. The van der Waals surface area contributed by atoms with Crippen LogP contribution in [0.4, 0.5) is 5.69 Å². The molecule has 4 rings (SSSR count). The van der Waals surface area contributed by atoms with E-state index in [9.17, 15) is 9.59 Å². The van der Waals surface area contributed by atoms with Gasteiger partial charge in [-0.25, -0.2) is 0 Å². The molecule has 0 bridgehead atoms. The van der Waals surface area contributed by atoms with Crippen molar-refractivity contribution in [3.05, 3.63) is 59.2 Å². The highest BCUT2D eigenvalue weighted by Crippen LogP contribution is 2.32. The van der Waals surface area contributed by atoms with Gasteiger partial charge in [-0.05, 0) is 42.5 Å². The Bertz CT molecular complexity index is 1070. The molecule has 0 spiro atoms. The summed E-state index contributed by atoms with van der Waals surface area (Å²) in [6.07, 6.45) is 1.61. The van der Waals surface area contributed by atoms with Gasteiger partial charge in [-0.2, -0.15) is 0 Å². The molecule has 1 aliphatic rings. The topological polar surface area (TPSA) is 102 Å². The second kappa shape index (κ2) is 7.61. The van der Waals surface area contributed by atoms with Crippen LogP contribution in [0.3, 0.4) is 0 Å². The monoisotopic (exact) mass is 398 g/mol. The van der Waals surface area contributed by atoms with Gasteiger partial charge in [0.1, 0.15) is 0 Å². The maximum absolute atomic E-state index is 12.2. The van der Waals surface area contributed by atoms with Crippen molar-refractivity contribution in [3.63, 3.8) is 0 Å². The fourth-order valence-electron chi connectivity index (χ4n) is 2.71. The molecule has 0 fully saturated rings. The van der Waals surface area contributed by atoms with Crippen LogP contribution in [0.15, 0.2) is 48.7 Å². The number of nitrogens with zero attached hydrogens (tertiary/aromatic N) is 1. The number of hydrogen-bond donors (Lipinski definition) is 3. The summed E-state index contributed by atoms with van der Waals surface area (Å²) in [6.45, 7) is -0.0699. The summed E-state index contributed by atoms with van der Waals surface area (Å²) >= 11 is 5.97. The van der Waals surface area contributed by atoms with E-state index in [0.717, 1.165) is 5.39 Å². The predicted octanol–water partition coefficient (Wildman–Crippen LogP) is 2.49. The van der Waals surface area contributed by atoms with Gasteiger partial charge in [0.05, 0.1) is 17.7 Å². The Labute approximate surface area is 164 Å². The lowest BCUT2D eigenvalue weighted by molar-refractivity contribution is -0.119. The van der Waals surface area contributed by atoms with Crippen molar-refractivity contribution in [3.8, 4) is 11.5 Å². The Morgan fingerprint density at radius 1 is 1.07 bits per heavy atom. The lowest BCUT2D eigenvalue weighted by Gasteiger charge is -2.11. The molecule has 8 nitrogen and oxygen atoms in total. The molecule has 3 aromatic rings. The lowest BCUT2D eigenvalue weighted by Crippen LogP contribution is -2.39. The highest BCUT2D eigenvalue weighted by Gasteiger charge is 2.16. The summed E-state index contributed by atoms with van der Waals surface area (Å²) in [4.78, 5) is 28.5. The molecule has 0 saturated heterocycles. The van der Waals surface area contributed by atoms with Gasteiger partial charge >= 0.3 is 0 Å². The number of rotatable bonds is 5. The van der Waals surface area contributed by atoms with Gasteiger partial charge in [-0.3, -0.25) is 25.4 Å². The van der Waals surface area contributed by atoms with Crippen LogP contribution in [0, 0.1) is 0 Å². The number of amides is 2. The summed E-state index contributed by atoms with van der Waals surface area (Å²) in [5, 5.41) is 3.93. The summed E-state index contributed by atoms with van der Waals surface area (Å²) in [7, 11) is 0. The number of aromatic nitrogens is 1. The molecule has 0 radical (unpaired) electrons. The van der Waals surface area contributed by atoms with Crippen LogP contribution >= 0.6 is 11.6 Å². The fraction of sp³-hybridized carbons (Fsp3) is 0.105. The Kier molecular flexibility index (Phi) is 4.86. The van der Waals surface area contributed by atoms with Gasteiger partial charge in [0.2, 0.25) is 6.79 Å². The summed E-state index contributed by atoms with van der Waals surface area (Å²) in [5.74, 6) is 0.290. The first kappa shape index (κ1) is 17.9. The fourth-order valence-corrected chi connectivity index (χ4v) is 2.88. The van der Waals surface area contributed by atoms with Crippen LogP contribution in [0.2, 0.25) is 5.02 Å². The van der Waals surface area contributed by atoms with Crippen LogP contribution in [-0.2, 0) is 4.79 Å². The Balaban J connectivity index is 1.33. The first-order valence-corrected chi connectivity index (χ1v) is 8.75. The molecule has 0 aliphatic carbocycles. The zero-order valence-electron chi connectivity index (χ0n) is 14.5. The first-order chi connectivity index (χ1) is 13.6. The van der Waals surface area contributed by atoms with Gasteiger partial charge in [0, 0.05) is 22.2 Å². The second-order valence-electron chi connectivity index (χ2n) is 5.94. The van der Waals surface area contributed by atoms with Crippen LogP contribution in [-0.4, -0.2) is 30.1 Å². The number of carbonyl (C=O) groups is 2. The molecule has 142 valence electrons. The molecule has 9 heteroatoms. The molecule has 1 aliphatic heterocycles. The van der Waals surface area contributed by atoms with E-state index >= 15 is 0 Å². The van der Waals surface area contributed by atoms with Gasteiger partial charge in [0.25, 0.3) is 11.8 Å². The molecular weight excluding hydrogens is 384 g/mol. The number of ether oxygens (including phenoxy) is 2. The Morgan fingerprint density at radius 3 is 2.82 bits per heavy atom. The molecular formula is C19H15ClN4O4. The Hall–Kier alpha value is -3.52. The molecule has 0 atom stereocenters. The number of anilines is 1. The number of halogens is 1. The van der Waals surface area contributed by atoms with Gasteiger partial charge < -0.3 is 14.8 Å². The molecule has 28 heavy (non-hydrogen) atoms. The van der Waals surface area contributed by atoms with Crippen molar-refractivity contribution in [2.24, 2.45) is 0 Å². The normalized spacial score (nSPS) is 11.9. The quantitative estimate of drug-likeness (QED) is 0.571. The maximum atomic E-state index is 12.2. The summed E-state index contributed by atoms with van der Waals surface area (Å²) in [6, 6.07) is 11.8. The van der Waals surface area contributed by atoms with Crippen molar-refractivity contribution >= 4 is 40.0 Å². The van der Waals surface area contributed by atoms with E-state index < -0.39 is 11.8 Å². The van der Waals surface area contributed by atoms with Gasteiger partial charge in [-0.1, -0.05) is 11.6 Å². The third-order valence-electron chi connectivity index (χ3n) is 4.09. The van der Waals surface area contributed by atoms with E-state index in [2.05, 4.69) is 21.2 Å². The van der Waals surface area contributed by atoms with E-state index in [1.165, 1.54) is 0 Å². The average Bonchev–Trinajstić information content (AvgIpc) is 3.18. The van der Waals surface area contributed by atoms with E-state index in [0.29, 0.717) is 33.3 Å². The molecule has 2 amide bonds. The van der Waals surface area contributed by atoms with E-state index in [-0.39, 0.29) is 13.3 Å². The molecule has 0 unspecified atom stereocenters. The molecule has 2 heterocycles. The van der Waals surface area contributed by atoms with Crippen LogP contribution in [0.1, 0.15) is 10.4 Å². The van der Waals surface area contributed by atoms with Crippen LogP contribution < -0.4 is 25.6 Å². The zero-order chi connectivity index (χ0) is 19.5. The highest BCUT2D eigenvalue weighted by molar-refractivity contribution is 6.31. The van der Waals surface area contributed by atoms with E-state index in [1.54, 1.807) is 48.7 Å². The van der Waals surface area contributed by atoms with Crippen molar-refractivity contribution in [2.45, 2.75) is 0 Å². The number of benzene rings is 2. The van der Waals surface area contributed by atoms with Gasteiger partial charge in [-0.15, -0.1) is 0 Å². The van der Waals surface area contributed by atoms with Crippen molar-refractivity contribution in [1.82, 2.24) is 15.7 Å². The number of nitrogens with one attached hydrogen (secondary N) is 3. The third kappa shape index (κ3) is 3.77. The number of fused-ring (bicyclic) bond motifs is 2. The number of hydrazine groups is 1. The van der Waals surface area contributed by atoms with Crippen LogP contribution in [0.5, 0.6) is 11.5 Å². The smallest absolute Gasteiger partial charge is 0.257 e.